The van der Waals surface area contributed by atoms with Gasteiger partial charge < -0.3 is 10.8 Å². The Labute approximate surface area is 98.0 Å². The average Bonchev–Trinajstić information content (AvgIpc) is 2.25. The summed E-state index contributed by atoms with van der Waals surface area (Å²) in [6, 6.07) is -0.472. The van der Waals surface area contributed by atoms with Gasteiger partial charge in [-0.1, -0.05) is 0 Å². The molecule has 1 atom stereocenters. The fourth-order valence-electron chi connectivity index (χ4n) is 1.27. The molecule has 0 saturated heterocycles. The van der Waals surface area contributed by atoms with E-state index in [2.05, 4.69) is 0 Å². The lowest BCUT2D eigenvalue weighted by atomic mass is 10.0. The number of halogens is 3. The molecule has 3 N–H and O–H groups in total. The first-order valence-electron chi connectivity index (χ1n) is 4.48. The second kappa shape index (κ2) is 4.61. The maximum Gasteiger partial charge on any atom is 0.407 e. The summed E-state index contributed by atoms with van der Waals surface area (Å²) in [5, 5.41) is 19.2. The van der Waals surface area contributed by atoms with Crippen molar-refractivity contribution < 1.29 is 28.0 Å². The number of nitrogens with two attached hydrogens (primary N) is 1. The molecular formula is C9H7F3N2O4. The number of nitro groups is 1. The lowest BCUT2D eigenvalue weighted by Crippen LogP contribution is -2.29. The van der Waals surface area contributed by atoms with Gasteiger partial charge in [-0.3, -0.25) is 10.1 Å². The molecule has 1 aromatic rings. The molecule has 0 aromatic heterocycles. The first-order valence-corrected chi connectivity index (χ1v) is 4.48. The van der Waals surface area contributed by atoms with Crippen LogP contribution in [0.3, 0.4) is 0 Å². The molecule has 0 radical (unpaired) electrons. The van der Waals surface area contributed by atoms with Gasteiger partial charge in [-0.2, -0.15) is 13.2 Å². The van der Waals surface area contributed by atoms with Crippen molar-refractivity contribution in [1.29, 1.82) is 0 Å². The van der Waals surface area contributed by atoms with Gasteiger partial charge in [0.25, 0.3) is 5.69 Å². The number of carboxylic acids is 1. The van der Waals surface area contributed by atoms with Crippen LogP contribution in [0.4, 0.5) is 18.9 Å². The van der Waals surface area contributed by atoms with Gasteiger partial charge in [-0.05, 0) is 12.1 Å². The summed E-state index contributed by atoms with van der Waals surface area (Å²) in [5.74, 6) is -1.48. The van der Waals surface area contributed by atoms with Gasteiger partial charge in [-0.15, -0.1) is 0 Å². The Bertz CT molecular complexity index is 501. The van der Waals surface area contributed by atoms with Gasteiger partial charge >= 0.3 is 12.1 Å². The lowest BCUT2D eigenvalue weighted by molar-refractivity contribution is -0.386. The van der Waals surface area contributed by atoms with Gasteiger partial charge in [0, 0.05) is 6.07 Å². The number of alkyl halides is 3. The smallest absolute Gasteiger partial charge is 0.407 e. The van der Waals surface area contributed by atoms with Crippen LogP contribution < -0.4 is 5.73 Å². The highest BCUT2D eigenvalue weighted by Gasteiger charge is 2.41. The molecule has 0 unspecified atom stereocenters. The third kappa shape index (κ3) is 2.74. The Balaban J connectivity index is 3.37. The number of nitro benzene ring substituents is 1. The van der Waals surface area contributed by atoms with E-state index in [-0.39, 0.29) is 0 Å². The van der Waals surface area contributed by atoms with E-state index in [0.717, 1.165) is 6.07 Å². The monoisotopic (exact) mass is 264 g/mol. The number of hydrogen-bond donors (Lipinski definition) is 2. The highest BCUT2D eigenvalue weighted by Crippen LogP contribution is 2.35. The topological polar surface area (TPSA) is 106 Å². The minimum Gasteiger partial charge on any atom is -0.478 e. The van der Waals surface area contributed by atoms with Crippen molar-refractivity contribution in [1.82, 2.24) is 0 Å². The minimum absolute atomic E-state index is 0.486. The Morgan fingerprint density at radius 1 is 1.44 bits per heavy atom. The van der Waals surface area contributed by atoms with Crippen molar-refractivity contribution in [2.24, 2.45) is 5.73 Å². The second-order valence-corrected chi connectivity index (χ2v) is 3.36. The third-order valence-corrected chi connectivity index (χ3v) is 2.16. The average molecular weight is 264 g/mol. The molecule has 98 valence electrons. The number of aromatic carboxylic acids is 1. The molecule has 9 heteroatoms. The molecule has 0 bridgehead atoms. The van der Waals surface area contributed by atoms with Gasteiger partial charge in [0.05, 0.1) is 16.1 Å². The molecule has 0 fully saturated rings. The molecule has 0 aliphatic heterocycles. The number of rotatable bonds is 3. The largest absolute Gasteiger partial charge is 0.478 e. The Hall–Kier alpha value is -2.16. The first-order chi connectivity index (χ1) is 8.14. The lowest BCUT2D eigenvalue weighted by Gasteiger charge is -2.15. The quantitative estimate of drug-likeness (QED) is 0.640. The zero-order valence-electron chi connectivity index (χ0n) is 8.64. The molecule has 0 aliphatic carbocycles. The van der Waals surface area contributed by atoms with Gasteiger partial charge in [0.2, 0.25) is 0 Å². The summed E-state index contributed by atoms with van der Waals surface area (Å²) < 4.78 is 37.1. The molecule has 0 amide bonds. The first kappa shape index (κ1) is 13.9. The molecule has 18 heavy (non-hydrogen) atoms. The summed E-state index contributed by atoms with van der Waals surface area (Å²) >= 11 is 0. The van der Waals surface area contributed by atoms with E-state index in [9.17, 15) is 28.1 Å². The molecule has 0 aliphatic rings. The number of nitrogens with zero attached hydrogens (tertiary/aromatic N) is 1. The van der Waals surface area contributed by atoms with Crippen LogP contribution in [0.15, 0.2) is 18.2 Å². The van der Waals surface area contributed by atoms with E-state index >= 15 is 0 Å². The van der Waals surface area contributed by atoms with E-state index in [1.54, 1.807) is 0 Å². The molecule has 1 rings (SSSR count). The van der Waals surface area contributed by atoms with E-state index in [4.69, 9.17) is 10.8 Å². The summed E-state index contributed by atoms with van der Waals surface area (Å²) in [7, 11) is 0. The number of carboxylic acid groups (broad SMARTS) is 1. The molecular weight excluding hydrogens is 257 g/mol. The van der Waals surface area contributed by atoms with Gasteiger partial charge in [0.1, 0.15) is 6.04 Å². The van der Waals surface area contributed by atoms with Gasteiger partial charge in [-0.25, -0.2) is 4.79 Å². The van der Waals surface area contributed by atoms with Crippen molar-refractivity contribution in [2.45, 2.75) is 12.2 Å². The maximum absolute atomic E-state index is 12.4. The van der Waals surface area contributed by atoms with E-state index < -0.39 is 39.9 Å². The van der Waals surface area contributed by atoms with Crippen molar-refractivity contribution >= 4 is 11.7 Å². The summed E-state index contributed by atoms with van der Waals surface area (Å²) in [5.41, 5.74) is 2.62. The summed E-state index contributed by atoms with van der Waals surface area (Å²) in [4.78, 5) is 20.1. The SMILES string of the molecule is N[C@@H](c1ccc(C(=O)O)cc1[N+](=O)[O-])C(F)(F)F. The van der Waals surface area contributed by atoms with Crippen LogP contribution in [-0.2, 0) is 0 Å². The maximum atomic E-state index is 12.4. The summed E-state index contributed by atoms with van der Waals surface area (Å²) in [6.07, 6.45) is -4.85. The van der Waals surface area contributed by atoms with Crippen molar-refractivity contribution in [2.75, 3.05) is 0 Å². The van der Waals surface area contributed by atoms with Gasteiger partial charge in [0.15, 0.2) is 0 Å². The van der Waals surface area contributed by atoms with Crippen LogP contribution in [-0.4, -0.2) is 22.2 Å². The number of benzene rings is 1. The zero-order chi connectivity index (χ0) is 14.1. The highest BCUT2D eigenvalue weighted by molar-refractivity contribution is 5.88. The normalized spacial score (nSPS) is 13.1. The standard InChI is InChI=1S/C9H7F3N2O4/c10-9(11,12)7(13)5-2-1-4(8(15)16)3-6(5)14(17)18/h1-3,7H,13H2,(H,15,16)/t7-/m0/s1. The predicted octanol–water partition coefficient (Wildman–Crippen LogP) is 1.86. The molecule has 1 aromatic carbocycles. The minimum atomic E-state index is -4.85. The highest BCUT2D eigenvalue weighted by atomic mass is 19.4. The van der Waals surface area contributed by atoms with Crippen LogP contribution in [0, 0.1) is 10.1 Å². The van der Waals surface area contributed by atoms with Crippen LogP contribution >= 0.6 is 0 Å². The third-order valence-electron chi connectivity index (χ3n) is 2.16. The van der Waals surface area contributed by atoms with E-state index in [1.807, 2.05) is 0 Å². The summed E-state index contributed by atoms with van der Waals surface area (Å²) in [6.45, 7) is 0. The van der Waals surface area contributed by atoms with E-state index in [1.165, 1.54) is 0 Å². The number of carbonyl (C=O) groups is 1. The Morgan fingerprint density at radius 3 is 2.39 bits per heavy atom. The molecule has 0 saturated carbocycles. The molecule has 0 heterocycles. The molecule has 0 spiro atoms. The van der Waals surface area contributed by atoms with Crippen LogP contribution in [0.1, 0.15) is 22.0 Å². The second-order valence-electron chi connectivity index (χ2n) is 3.36. The fourth-order valence-corrected chi connectivity index (χ4v) is 1.27. The predicted molar refractivity (Wildman–Crippen MR) is 53.0 cm³/mol. The van der Waals surface area contributed by atoms with Crippen LogP contribution in [0.25, 0.3) is 0 Å². The van der Waals surface area contributed by atoms with Crippen LogP contribution in [0.2, 0.25) is 0 Å². The van der Waals surface area contributed by atoms with E-state index in [0.29, 0.717) is 12.1 Å². The van der Waals surface area contributed by atoms with Crippen LogP contribution in [0.5, 0.6) is 0 Å². The van der Waals surface area contributed by atoms with Crippen molar-refractivity contribution in [3.05, 3.63) is 39.4 Å². The Kier molecular flexibility index (Phi) is 3.56. The van der Waals surface area contributed by atoms with Crippen molar-refractivity contribution in [3.63, 3.8) is 0 Å². The Morgan fingerprint density at radius 2 is 2.00 bits per heavy atom. The zero-order valence-corrected chi connectivity index (χ0v) is 8.64. The fraction of sp³-hybridized carbons (Fsp3) is 0.222. The number of hydrogen-bond acceptors (Lipinski definition) is 4. The van der Waals surface area contributed by atoms with Crippen molar-refractivity contribution in [3.8, 4) is 0 Å². The molecule has 6 nitrogen and oxygen atoms in total.